The lowest BCUT2D eigenvalue weighted by Crippen LogP contribution is -2.30. The normalized spacial score (nSPS) is 12.6. The van der Waals surface area contributed by atoms with Gasteiger partial charge in [0, 0.05) is 19.3 Å². The molecule has 0 aromatic rings. The molecule has 0 radical (unpaired) electrons. The Morgan fingerprint density at radius 2 is 0.591 bits per heavy atom. The molecule has 0 rings (SSSR count). The maximum Gasteiger partial charge on any atom is 0.306 e. The predicted molar refractivity (Wildman–Crippen MR) is 284 cm³/mol. The molecule has 66 heavy (non-hydrogen) atoms. The van der Waals surface area contributed by atoms with Crippen molar-refractivity contribution in [2.75, 3.05) is 13.2 Å². The van der Waals surface area contributed by atoms with Crippen LogP contribution in [0.15, 0.2) is 72.9 Å². The fourth-order valence-electron chi connectivity index (χ4n) is 7.76. The third-order valence-corrected chi connectivity index (χ3v) is 11.9. The summed E-state index contributed by atoms with van der Waals surface area (Å²) in [5.74, 6) is -0.917. The van der Waals surface area contributed by atoms with Crippen molar-refractivity contribution in [1.82, 2.24) is 0 Å². The van der Waals surface area contributed by atoms with Crippen LogP contribution in [0.4, 0.5) is 0 Å². The summed E-state index contributed by atoms with van der Waals surface area (Å²) in [4.78, 5) is 38.1. The first-order valence-electron chi connectivity index (χ1n) is 27.9. The number of carbonyl (C=O) groups is 3. The minimum Gasteiger partial charge on any atom is -0.462 e. The summed E-state index contributed by atoms with van der Waals surface area (Å²) in [5, 5.41) is 0. The Morgan fingerprint density at radius 1 is 0.318 bits per heavy atom. The van der Waals surface area contributed by atoms with E-state index in [2.05, 4.69) is 93.7 Å². The molecule has 0 aromatic carbocycles. The quantitative estimate of drug-likeness (QED) is 0.0262. The number of allylic oxidation sites excluding steroid dienone is 12. The highest BCUT2D eigenvalue weighted by Gasteiger charge is 2.19. The molecule has 1 unspecified atom stereocenters. The molecule has 0 aromatic heterocycles. The van der Waals surface area contributed by atoms with Gasteiger partial charge in [0.2, 0.25) is 0 Å². The number of esters is 3. The van der Waals surface area contributed by atoms with Gasteiger partial charge in [-0.15, -0.1) is 0 Å². The van der Waals surface area contributed by atoms with Gasteiger partial charge in [-0.2, -0.15) is 0 Å². The molecular weight excluding hydrogens is 817 g/mol. The van der Waals surface area contributed by atoms with Crippen LogP contribution in [-0.2, 0) is 28.6 Å². The Kier molecular flexibility index (Phi) is 51.9. The first-order chi connectivity index (χ1) is 32.5. The zero-order chi connectivity index (χ0) is 47.9. The monoisotopic (exact) mass is 921 g/mol. The first-order valence-corrected chi connectivity index (χ1v) is 27.9. The summed E-state index contributed by atoms with van der Waals surface area (Å²) in [6.07, 6.45) is 68.9. The third kappa shape index (κ3) is 51.8. The second-order valence-corrected chi connectivity index (χ2v) is 18.5. The minimum atomic E-state index is -0.789. The molecule has 0 saturated carbocycles. The molecule has 0 spiro atoms. The highest BCUT2D eigenvalue weighted by atomic mass is 16.6. The van der Waals surface area contributed by atoms with Crippen LogP contribution in [-0.4, -0.2) is 37.2 Å². The molecule has 0 aliphatic carbocycles. The van der Waals surface area contributed by atoms with Crippen LogP contribution in [0.5, 0.6) is 0 Å². The van der Waals surface area contributed by atoms with E-state index in [4.69, 9.17) is 14.2 Å². The van der Waals surface area contributed by atoms with Gasteiger partial charge >= 0.3 is 17.9 Å². The Labute approximate surface area is 408 Å². The van der Waals surface area contributed by atoms with Gasteiger partial charge in [0.15, 0.2) is 6.10 Å². The van der Waals surface area contributed by atoms with E-state index in [1.807, 2.05) is 0 Å². The second-order valence-electron chi connectivity index (χ2n) is 18.5. The molecule has 0 aliphatic heterocycles. The van der Waals surface area contributed by atoms with Crippen LogP contribution in [0.25, 0.3) is 0 Å². The average Bonchev–Trinajstić information content (AvgIpc) is 3.31. The molecule has 0 saturated heterocycles. The van der Waals surface area contributed by atoms with E-state index in [9.17, 15) is 14.4 Å². The number of hydrogen-bond acceptors (Lipinski definition) is 6. The van der Waals surface area contributed by atoms with Crippen molar-refractivity contribution < 1.29 is 28.6 Å². The van der Waals surface area contributed by atoms with Crippen molar-refractivity contribution in [1.29, 1.82) is 0 Å². The SMILES string of the molecule is CC/C=C\C/C=C\C/C=C\C/C=C\C/C=C\CCCCCC(=O)OCC(COC(=O)CCCCCCCCCCCCCC)OC(=O)CCCCCCCCC/C=C\CCCCCCCC. The minimum absolute atomic E-state index is 0.0857. The Bertz CT molecular complexity index is 1240. The van der Waals surface area contributed by atoms with Crippen LogP contribution in [0.2, 0.25) is 0 Å². The Balaban J connectivity index is 4.42. The molecule has 0 bridgehead atoms. The smallest absolute Gasteiger partial charge is 0.306 e. The zero-order valence-corrected chi connectivity index (χ0v) is 43.4. The van der Waals surface area contributed by atoms with E-state index in [-0.39, 0.29) is 31.1 Å². The van der Waals surface area contributed by atoms with Crippen LogP contribution in [0.1, 0.15) is 271 Å². The van der Waals surface area contributed by atoms with Crippen LogP contribution in [0.3, 0.4) is 0 Å². The Hall–Kier alpha value is -3.15. The summed E-state index contributed by atoms with van der Waals surface area (Å²) < 4.78 is 16.8. The third-order valence-electron chi connectivity index (χ3n) is 11.9. The molecular formula is C60H104O6. The lowest BCUT2D eigenvalue weighted by molar-refractivity contribution is -0.167. The summed E-state index contributed by atoms with van der Waals surface area (Å²) in [6.45, 7) is 6.50. The maximum absolute atomic E-state index is 12.8. The largest absolute Gasteiger partial charge is 0.462 e. The van der Waals surface area contributed by atoms with E-state index < -0.39 is 6.10 Å². The maximum atomic E-state index is 12.8. The van der Waals surface area contributed by atoms with Gasteiger partial charge in [-0.3, -0.25) is 14.4 Å². The van der Waals surface area contributed by atoms with E-state index in [1.165, 1.54) is 135 Å². The Morgan fingerprint density at radius 3 is 0.955 bits per heavy atom. The number of rotatable bonds is 50. The fraction of sp³-hybridized carbons (Fsp3) is 0.750. The van der Waals surface area contributed by atoms with Gasteiger partial charge in [-0.25, -0.2) is 0 Å². The molecule has 6 nitrogen and oxygen atoms in total. The zero-order valence-electron chi connectivity index (χ0n) is 43.4. The van der Waals surface area contributed by atoms with Crippen molar-refractivity contribution in [3.63, 3.8) is 0 Å². The lowest BCUT2D eigenvalue weighted by atomic mass is 10.0. The van der Waals surface area contributed by atoms with Gasteiger partial charge in [-0.05, 0) is 89.9 Å². The van der Waals surface area contributed by atoms with E-state index in [1.54, 1.807) is 0 Å². The van der Waals surface area contributed by atoms with Crippen LogP contribution < -0.4 is 0 Å². The molecule has 0 aliphatic rings. The summed E-state index contributed by atoms with van der Waals surface area (Å²) in [7, 11) is 0. The van der Waals surface area contributed by atoms with Gasteiger partial charge in [0.25, 0.3) is 0 Å². The van der Waals surface area contributed by atoms with E-state index in [0.717, 1.165) is 96.3 Å². The highest BCUT2D eigenvalue weighted by Crippen LogP contribution is 2.15. The average molecular weight is 921 g/mol. The number of ether oxygens (including phenoxy) is 3. The fourth-order valence-corrected chi connectivity index (χ4v) is 7.76. The molecule has 6 heteroatoms. The first kappa shape index (κ1) is 62.8. The molecule has 0 heterocycles. The highest BCUT2D eigenvalue weighted by molar-refractivity contribution is 5.71. The second kappa shape index (κ2) is 54.5. The molecule has 0 fully saturated rings. The van der Waals surface area contributed by atoms with Crippen LogP contribution >= 0.6 is 0 Å². The van der Waals surface area contributed by atoms with Crippen molar-refractivity contribution in [2.24, 2.45) is 0 Å². The lowest BCUT2D eigenvalue weighted by Gasteiger charge is -2.18. The topological polar surface area (TPSA) is 78.9 Å². The van der Waals surface area contributed by atoms with Crippen molar-refractivity contribution in [3.8, 4) is 0 Å². The number of carbonyl (C=O) groups excluding carboxylic acids is 3. The molecule has 1 atom stereocenters. The van der Waals surface area contributed by atoms with Crippen molar-refractivity contribution in [3.05, 3.63) is 72.9 Å². The van der Waals surface area contributed by atoms with Crippen molar-refractivity contribution in [2.45, 2.75) is 277 Å². The van der Waals surface area contributed by atoms with Crippen molar-refractivity contribution >= 4 is 17.9 Å². The van der Waals surface area contributed by atoms with E-state index in [0.29, 0.717) is 19.3 Å². The predicted octanol–water partition coefficient (Wildman–Crippen LogP) is 18.6. The standard InChI is InChI=1S/C60H104O6/c1-4-7-10-13-16-19-22-25-27-29-30-32-33-35-38-41-44-47-50-53-59(62)65-56-57(55-64-58(61)52-49-46-43-40-37-24-21-18-15-12-9-6-3)66-60(63)54-51-48-45-42-39-36-34-31-28-26-23-20-17-14-11-8-5-2/h7,10,16,19,25-28,30,32,35,38,57H,4-6,8-9,11-15,17-18,20-24,29,31,33-34,36-37,39-56H2,1-3H3/b10-7-,19-16-,27-25-,28-26-,32-30-,38-35-. The molecule has 0 amide bonds. The van der Waals surface area contributed by atoms with E-state index >= 15 is 0 Å². The molecule has 0 N–H and O–H groups in total. The van der Waals surface area contributed by atoms with Gasteiger partial charge in [-0.1, -0.05) is 235 Å². The summed E-state index contributed by atoms with van der Waals surface area (Å²) >= 11 is 0. The van der Waals surface area contributed by atoms with Gasteiger partial charge < -0.3 is 14.2 Å². The van der Waals surface area contributed by atoms with Crippen LogP contribution in [0, 0.1) is 0 Å². The summed E-state index contributed by atoms with van der Waals surface area (Å²) in [5.41, 5.74) is 0. The summed E-state index contributed by atoms with van der Waals surface area (Å²) in [6, 6.07) is 0. The molecule has 380 valence electrons. The number of hydrogen-bond donors (Lipinski definition) is 0. The van der Waals surface area contributed by atoms with Gasteiger partial charge in [0.1, 0.15) is 13.2 Å². The van der Waals surface area contributed by atoms with Gasteiger partial charge in [0.05, 0.1) is 0 Å². The number of unbranched alkanes of at least 4 members (excludes halogenated alkanes) is 27.